The highest BCUT2D eigenvalue weighted by Crippen LogP contribution is 2.41. The quantitative estimate of drug-likeness (QED) is 0.308. The molecule has 2 fully saturated rings. The summed E-state index contributed by atoms with van der Waals surface area (Å²) in [5.41, 5.74) is 5.83. The summed E-state index contributed by atoms with van der Waals surface area (Å²) in [6.45, 7) is 4.60. The van der Waals surface area contributed by atoms with Crippen molar-refractivity contribution in [3.63, 3.8) is 0 Å². The van der Waals surface area contributed by atoms with Gasteiger partial charge in [-0.05, 0) is 99.6 Å². The van der Waals surface area contributed by atoms with E-state index in [1.807, 2.05) is 41.2 Å². The fourth-order valence-corrected chi connectivity index (χ4v) is 5.17. The number of piperidine rings is 1. The van der Waals surface area contributed by atoms with Gasteiger partial charge in [-0.25, -0.2) is 10.2 Å². The number of rotatable bonds is 10. The van der Waals surface area contributed by atoms with E-state index in [4.69, 9.17) is 5.21 Å². The first-order valence-corrected chi connectivity index (χ1v) is 12.8. The molecule has 184 valence electrons. The average Bonchev–Trinajstić information content (AvgIpc) is 3.52. The van der Waals surface area contributed by atoms with Gasteiger partial charge in [0.15, 0.2) is 0 Å². The van der Waals surface area contributed by atoms with E-state index < -0.39 is 5.91 Å². The van der Waals surface area contributed by atoms with Crippen molar-refractivity contribution in [3.8, 4) is 5.69 Å². The first kappa shape index (κ1) is 23.7. The van der Waals surface area contributed by atoms with Crippen LogP contribution < -0.4 is 10.8 Å². The Morgan fingerprint density at radius 2 is 1.83 bits per heavy atom. The van der Waals surface area contributed by atoms with Crippen LogP contribution in [0.25, 0.3) is 5.69 Å². The molecule has 35 heavy (non-hydrogen) atoms. The zero-order chi connectivity index (χ0) is 24.0. The van der Waals surface area contributed by atoms with Crippen LogP contribution in [-0.2, 0) is 6.42 Å². The molecule has 3 aromatic rings. The van der Waals surface area contributed by atoms with Gasteiger partial charge in [0.2, 0.25) is 0 Å². The molecule has 3 N–H and O–H groups in total. The van der Waals surface area contributed by atoms with Crippen molar-refractivity contribution in [3.05, 3.63) is 83.7 Å². The molecule has 1 aliphatic carbocycles. The van der Waals surface area contributed by atoms with Crippen LogP contribution in [0.4, 0.5) is 0 Å². The van der Waals surface area contributed by atoms with Crippen molar-refractivity contribution < 1.29 is 10.0 Å². The van der Waals surface area contributed by atoms with Crippen LogP contribution in [-0.4, -0.2) is 58.0 Å². The Balaban J connectivity index is 0.973. The topological polar surface area (TPSA) is 82.4 Å². The van der Waals surface area contributed by atoms with Gasteiger partial charge >= 0.3 is 0 Å². The molecular formula is C28H35N5O2. The second kappa shape index (κ2) is 11.2. The van der Waals surface area contributed by atoms with Gasteiger partial charge in [-0.1, -0.05) is 30.3 Å². The van der Waals surface area contributed by atoms with Crippen LogP contribution in [0.1, 0.15) is 53.1 Å². The minimum atomic E-state index is -0.467. The van der Waals surface area contributed by atoms with Gasteiger partial charge in [-0.3, -0.25) is 10.0 Å². The Bertz CT molecular complexity index is 1090. The van der Waals surface area contributed by atoms with E-state index >= 15 is 0 Å². The van der Waals surface area contributed by atoms with Crippen molar-refractivity contribution in [2.24, 2.45) is 5.92 Å². The second-order valence-corrected chi connectivity index (χ2v) is 9.94. The van der Waals surface area contributed by atoms with E-state index in [2.05, 4.69) is 33.6 Å². The van der Waals surface area contributed by atoms with Gasteiger partial charge in [0.1, 0.15) is 0 Å². The van der Waals surface area contributed by atoms with E-state index in [0.29, 0.717) is 17.5 Å². The standard InChI is InChI=1S/C28H35N5O2/c34-28(31-35)23-10-8-21(9-11-23)5-4-14-32-15-12-22(13-16-32)18-29-27-17-26(27)24-19-30-33(20-24)25-6-2-1-3-7-25/h1-3,6-11,19-20,22,26-27,29,35H,4-5,12-18H2,(H,31,34)/t26-,27+/m1/s1. The Hall–Kier alpha value is -3.00. The predicted octanol–water partition coefficient (Wildman–Crippen LogP) is 3.78. The maximum atomic E-state index is 11.4. The number of hydrogen-bond acceptors (Lipinski definition) is 5. The Kier molecular flexibility index (Phi) is 7.57. The van der Waals surface area contributed by atoms with E-state index in [0.717, 1.165) is 37.5 Å². The van der Waals surface area contributed by atoms with E-state index in [9.17, 15) is 4.79 Å². The minimum absolute atomic E-state index is 0.467. The highest BCUT2D eigenvalue weighted by molar-refractivity contribution is 5.93. The number of carbonyl (C=O) groups is 1. The molecule has 1 saturated heterocycles. The lowest BCUT2D eigenvalue weighted by Crippen LogP contribution is -2.38. The maximum Gasteiger partial charge on any atom is 0.274 e. The van der Waals surface area contributed by atoms with Crippen molar-refractivity contribution in [2.75, 3.05) is 26.2 Å². The van der Waals surface area contributed by atoms with Crippen LogP contribution in [0.15, 0.2) is 67.0 Å². The lowest BCUT2D eigenvalue weighted by Gasteiger charge is -2.32. The highest BCUT2D eigenvalue weighted by Gasteiger charge is 2.39. The highest BCUT2D eigenvalue weighted by atomic mass is 16.5. The summed E-state index contributed by atoms with van der Waals surface area (Å²) in [5, 5.41) is 17.1. The number of nitrogens with zero attached hydrogens (tertiary/aromatic N) is 3. The molecule has 1 saturated carbocycles. The molecule has 2 heterocycles. The summed E-state index contributed by atoms with van der Waals surface area (Å²) < 4.78 is 1.98. The Morgan fingerprint density at radius 3 is 2.57 bits per heavy atom. The van der Waals surface area contributed by atoms with Crippen molar-refractivity contribution >= 4 is 5.91 Å². The Labute approximate surface area is 207 Å². The lowest BCUT2D eigenvalue weighted by molar-refractivity contribution is 0.0706. The van der Waals surface area contributed by atoms with Gasteiger partial charge in [0, 0.05) is 23.7 Å². The lowest BCUT2D eigenvalue weighted by atomic mass is 9.96. The van der Waals surface area contributed by atoms with Gasteiger partial charge in [0.05, 0.1) is 11.9 Å². The van der Waals surface area contributed by atoms with Gasteiger partial charge in [-0.15, -0.1) is 0 Å². The number of carbonyl (C=O) groups excluding carboxylic acids is 1. The number of benzene rings is 2. The molecule has 7 heteroatoms. The summed E-state index contributed by atoms with van der Waals surface area (Å²) in [4.78, 5) is 14.0. The third-order valence-electron chi connectivity index (χ3n) is 7.48. The molecule has 1 amide bonds. The summed E-state index contributed by atoms with van der Waals surface area (Å²) in [5.74, 6) is 0.898. The van der Waals surface area contributed by atoms with Crippen LogP contribution in [0.2, 0.25) is 0 Å². The number of aryl methyl sites for hydroxylation is 1. The molecule has 0 bridgehead atoms. The normalized spacial score (nSPS) is 20.6. The maximum absolute atomic E-state index is 11.4. The monoisotopic (exact) mass is 473 g/mol. The minimum Gasteiger partial charge on any atom is -0.313 e. The third kappa shape index (κ3) is 6.17. The van der Waals surface area contributed by atoms with Gasteiger partial charge in [0.25, 0.3) is 5.91 Å². The molecular weight excluding hydrogens is 438 g/mol. The number of likely N-dealkylation sites (tertiary alicyclic amines) is 1. The van der Waals surface area contributed by atoms with Crippen LogP contribution in [0.3, 0.4) is 0 Å². The molecule has 2 aromatic carbocycles. The predicted molar refractivity (Wildman–Crippen MR) is 136 cm³/mol. The number of hydroxylamine groups is 1. The van der Waals surface area contributed by atoms with Crippen molar-refractivity contribution in [1.82, 2.24) is 25.5 Å². The number of nitrogens with one attached hydrogen (secondary N) is 2. The van der Waals surface area contributed by atoms with Gasteiger partial charge < -0.3 is 10.2 Å². The Morgan fingerprint density at radius 1 is 1.06 bits per heavy atom. The van der Waals surface area contributed by atoms with Crippen LogP contribution in [0.5, 0.6) is 0 Å². The fraction of sp³-hybridized carbons (Fsp3) is 0.429. The van der Waals surface area contributed by atoms with E-state index in [-0.39, 0.29) is 0 Å². The third-order valence-corrected chi connectivity index (χ3v) is 7.48. The number of para-hydroxylation sites is 1. The molecule has 5 rings (SSSR count). The van der Waals surface area contributed by atoms with Crippen molar-refractivity contribution in [2.45, 2.75) is 44.1 Å². The van der Waals surface area contributed by atoms with E-state index in [1.165, 1.54) is 43.5 Å². The number of hydrogen-bond donors (Lipinski definition) is 3. The summed E-state index contributed by atoms with van der Waals surface area (Å²) in [7, 11) is 0. The molecule has 2 aliphatic rings. The molecule has 0 unspecified atom stereocenters. The zero-order valence-corrected chi connectivity index (χ0v) is 20.1. The number of amides is 1. The largest absolute Gasteiger partial charge is 0.313 e. The number of aromatic nitrogens is 2. The van der Waals surface area contributed by atoms with Crippen molar-refractivity contribution in [1.29, 1.82) is 0 Å². The average molecular weight is 474 g/mol. The SMILES string of the molecule is O=C(NO)c1ccc(CCCN2CCC(CN[C@H]3C[C@@H]3c3cnn(-c4ccccc4)c3)CC2)cc1. The first-order chi connectivity index (χ1) is 17.2. The molecule has 1 aliphatic heterocycles. The summed E-state index contributed by atoms with van der Waals surface area (Å²) >= 11 is 0. The second-order valence-electron chi connectivity index (χ2n) is 9.94. The summed E-state index contributed by atoms with van der Waals surface area (Å²) in [6, 6.07) is 18.4. The van der Waals surface area contributed by atoms with E-state index in [1.54, 1.807) is 17.6 Å². The summed E-state index contributed by atoms with van der Waals surface area (Å²) in [6.07, 6.45) is 10.1. The fourth-order valence-electron chi connectivity index (χ4n) is 5.17. The molecule has 7 nitrogen and oxygen atoms in total. The van der Waals surface area contributed by atoms with Crippen LogP contribution >= 0.6 is 0 Å². The molecule has 0 radical (unpaired) electrons. The first-order valence-electron chi connectivity index (χ1n) is 12.8. The smallest absolute Gasteiger partial charge is 0.274 e. The molecule has 2 atom stereocenters. The van der Waals surface area contributed by atoms with Gasteiger partial charge in [-0.2, -0.15) is 5.10 Å². The molecule has 1 aromatic heterocycles. The zero-order valence-electron chi connectivity index (χ0n) is 20.1. The molecule has 0 spiro atoms. The van der Waals surface area contributed by atoms with Crippen LogP contribution in [0, 0.1) is 5.92 Å².